The minimum Gasteiger partial charge on any atom is -0.497 e. The lowest BCUT2D eigenvalue weighted by molar-refractivity contribution is 0.311. The Balaban J connectivity index is 1.72. The van der Waals surface area contributed by atoms with Crippen LogP contribution in [0.3, 0.4) is 0 Å². The smallest absolute Gasteiger partial charge is 0.119 e. The van der Waals surface area contributed by atoms with Crippen LogP contribution >= 0.6 is 0 Å². The first kappa shape index (κ1) is 13.3. The largest absolute Gasteiger partial charge is 0.497 e. The molecule has 0 aliphatic carbocycles. The summed E-state index contributed by atoms with van der Waals surface area (Å²) in [6, 6.07) is 15.6. The molecule has 0 amide bonds. The Hall–Kier alpha value is -2.16. The Morgan fingerprint density at radius 1 is 0.895 bits per heavy atom. The molecule has 0 aliphatic rings. The maximum absolute atomic E-state index is 5.65. The molecule has 0 spiro atoms. The van der Waals surface area contributed by atoms with Crippen LogP contribution in [0, 0.1) is 0 Å². The second kappa shape index (κ2) is 6.69. The Morgan fingerprint density at radius 2 is 1.53 bits per heavy atom. The number of hydrogen-bond acceptors (Lipinski definition) is 3. The summed E-state index contributed by atoms with van der Waals surface area (Å²) < 4.78 is 10.8. The van der Waals surface area contributed by atoms with Crippen LogP contribution in [0.25, 0.3) is 0 Å². The van der Waals surface area contributed by atoms with Crippen LogP contribution in [0.5, 0.6) is 11.5 Å². The minimum absolute atomic E-state index is 0.704. The summed E-state index contributed by atoms with van der Waals surface area (Å²) >= 11 is 0. The van der Waals surface area contributed by atoms with Gasteiger partial charge in [0.2, 0.25) is 0 Å². The van der Waals surface area contributed by atoms with E-state index in [4.69, 9.17) is 15.2 Å². The van der Waals surface area contributed by atoms with Gasteiger partial charge in [-0.1, -0.05) is 12.1 Å². The Morgan fingerprint density at radius 3 is 2.16 bits per heavy atom. The summed E-state index contributed by atoms with van der Waals surface area (Å²) in [5.74, 6) is 1.76. The summed E-state index contributed by atoms with van der Waals surface area (Å²) in [6.07, 6.45) is 1.98. The lowest BCUT2D eigenvalue weighted by Gasteiger charge is -2.07. The molecule has 0 aliphatic heterocycles. The zero-order chi connectivity index (χ0) is 13.5. The van der Waals surface area contributed by atoms with Crippen LogP contribution in [-0.4, -0.2) is 13.7 Å². The highest BCUT2D eigenvalue weighted by molar-refractivity contribution is 5.41. The van der Waals surface area contributed by atoms with Gasteiger partial charge in [0.05, 0.1) is 13.7 Å². The number of hydrogen-bond donors (Lipinski definition) is 1. The Bertz CT molecular complexity index is 491. The lowest BCUT2D eigenvalue weighted by atomic mass is 10.1. The lowest BCUT2D eigenvalue weighted by Crippen LogP contribution is -1.99. The predicted molar refractivity (Wildman–Crippen MR) is 77.7 cm³/mol. The first-order chi connectivity index (χ1) is 9.28. The van der Waals surface area contributed by atoms with E-state index in [0.29, 0.717) is 6.61 Å². The van der Waals surface area contributed by atoms with Crippen LogP contribution in [0.15, 0.2) is 48.5 Å². The van der Waals surface area contributed by atoms with Crippen LogP contribution in [-0.2, 0) is 6.42 Å². The van der Waals surface area contributed by atoms with Crippen molar-refractivity contribution < 1.29 is 9.47 Å². The molecule has 0 atom stereocenters. The number of benzene rings is 2. The first-order valence-corrected chi connectivity index (χ1v) is 6.39. The van der Waals surface area contributed by atoms with Gasteiger partial charge in [-0.3, -0.25) is 0 Å². The van der Waals surface area contributed by atoms with E-state index >= 15 is 0 Å². The normalized spacial score (nSPS) is 10.2. The molecule has 0 saturated carbocycles. The van der Waals surface area contributed by atoms with E-state index in [9.17, 15) is 0 Å². The van der Waals surface area contributed by atoms with Gasteiger partial charge < -0.3 is 15.2 Å². The summed E-state index contributed by atoms with van der Waals surface area (Å²) in [7, 11) is 1.68. The average molecular weight is 257 g/mol. The molecule has 3 nitrogen and oxygen atoms in total. The van der Waals surface area contributed by atoms with E-state index in [-0.39, 0.29) is 0 Å². The van der Waals surface area contributed by atoms with Crippen molar-refractivity contribution in [3.8, 4) is 11.5 Å². The van der Waals surface area contributed by atoms with Crippen LogP contribution in [0.4, 0.5) is 5.69 Å². The third kappa shape index (κ3) is 4.21. The molecule has 2 aromatic rings. The molecule has 0 fully saturated rings. The zero-order valence-corrected chi connectivity index (χ0v) is 11.1. The van der Waals surface area contributed by atoms with E-state index in [1.807, 2.05) is 36.4 Å². The second-order valence-electron chi connectivity index (χ2n) is 4.37. The number of ether oxygens (including phenoxy) is 2. The van der Waals surface area contributed by atoms with Crippen molar-refractivity contribution in [3.05, 3.63) is 54.1 Å². The highest BCUT2D eigenvalue weighted by Gasteiger charge is 1.97. The van der Waals surface area contributed by atoms with Gasteiger partial charge >= 0.3 is 0 Å². The minimum atomic E-state index is 0.704. The van der Waals surface area contributed by atoms with Crippen LogP contribution < -0.4 is 15.2 Å². The molecule has 0 heterocycles. The summed E-state index contributed by atoms with van der Waals surface area (Å²) in [4.78, 5) is 0. The number of methoxy groups -OCH3 is 1. The molecule has 3 heteroatoms. The number of aryl methyl sites for hydroxylation is 1. The molecule has 0 unspecified atom stereocenters. The molecule has 2 N–H and O–H groups in total. The van der Waals surface area contributed by atoms with E-state index in [0.717, 1.165) is 30.0 Å². The maximum Gasteiger partial charge on any atom is 0.119 e. The number of nitrogens with two attached hydrogens (primary N) is 1. The third-order valence-electron chi connectivity index (χ3n) is 2.92. The first-order valence-electron chi connectivity index (χ1n) is 6.39. The van der Waals surface area contributed by atoms with Crippen molar-refractivity contribution in [1.82, 2.24) is 0 Å². The predicted octanol–water partition coefficient (Wildman–Crippen LogP) is 3.29. The molecule has 2 rings (SSSR count). The van der Waals surface area contributed by atoms with E-state index in [1.54, 1.807) is 7.11 Å². The monoisotopic (exact) mass is 257 g/mol. The molecule has 2 aromatic carbocycles. The SMILES string of the molecule is COc1ccc(CCCOc2ccc(N)cc2)cc1. The van der Waals surface area contributed by atoms with Crippen molar-refractivity contribution in [2.24, 2.45) is 0 Å². The van der Waals surface area contributed by atoms with Crippen LogP contribution in [0.2, 0.25) is 0 Å². The van der Waals surface area contributed by atoms with Gasteiger partial charge in [-0.25, -0.2) is 0 Å². The molecular weight excluding hydrogens is 238 g/mol. The summed E-state index contributed by atoms with van der Waals surface area (Å²) in [5.41, 5.74) is 7.66. The van der Waals surface area contributed by atoms with Crippen molar-refractivity contribution in [3.63, 3.8) is 0 Å². The van der Waals surface area contributed by atoms with Crippen molar-refractivity contribution in [2.75, 3.05) is 19.5 Å². The topological polar surface area (TPSA) is 44.5 Å². The van der Waals surface area contributed by atoms with Gasteiger partial charge in [0.1, 0.15) is 11.5 Å². The molecule has 0 radical (unpaired) electrons. The zero-order valence-electron chi connectivity index (χ0n) is 11.1. The van der Waals surface area contributed by atoms with Crippen molar-refractivity contribution in [1.29, 1.82) is 0 Å². The van der Waals surface area contributed by atoms with Gasteiger partial charge in [0.15, 0.2) is 0 Å². The quantitative estimate of drug-likeness (QED) is 0.638. The van der Waals surface area contributed by atoms with Crippen LogP contribution in [0.1, 0.15) is 12.0 Å². The highest BCUT2D eigenvalue weighted by atomic mass is 16.5. The molecule has 100 valence electrons. The molecule has 0 aromatic heterocycles. The summed E-state index contributed by atoms with van der Waals surface area (Å²) in [5, 5.41) is 0. The third-order valence-corrected chi connectivity index (χ3v) is 2.92. The average Bonchev–Trinajstić information content (AvgIpc) is 2.46. The highest BCUT2D eigenvalue weighted by Crippen LogP contribution is 2.15. The number of nitrogen functional groups attached to an aromatic ring is 1. The van der Waals surface area contributed by atoms with Gasteiger partial charge in [-0.05, 0) is 54.8 Å². The van der Waals surface area contributed by atoms with Gasteiger partial charge in [-0.2, -0.15) is 0 Å². The number of anilines is 1. The van der Waals surface area contributed by atoms with E-state index in [2.05, 4.69) is 12.1 Å². The fraction of sp³-hybridized carbons (Fsp3) is 0.250. The number of rotatable bonds is 6. The molecule has 19 heavy (non-hydrogen) atoms. The van der Waals surface area contributed by atoms with E-state index < -0.39 is 0 Å². The van der Waals surface area contributed by atoms with Gasteiger partial charge in [-0.15, -0.1) is 0 Å². The molecule has 0 saturated heterocycles. The second-order valence-corrected chi connectivity index (χ2v) is 4.37. The van der Waals surface area contributed by atoms with Gasteiger partial charge in [0.25, 0.3) is 0 Å². The standard InChI is InChI=1S/C16H19NO2/c1-18-15-8-4-13(5-9-15)3-2-12-19-16-10-6-14(17)7-11-16/h4-11H,2-3,12,17H2,1H3. The van der Waals surface area contributed by atoms with E-state index in [1.165, 1.54) is 5.56 Å². The fourth-order valence-electron chi connectivity index (χ4n) is 1.82. The molecular formula is C16H19NO2. The Kier molecular flexibility index (Phi) is 4.67. The molecule has 0 bridgehead atoms. The fourth-order valence-corrected chi connectivity index (χ4v) is 1.82. The van der Waals surface area contributed by atoms with Gasteiger partial charge in [0, 0.05) is 5.69 Å². The maximum atomic E-state index is 5.65. The Labute approximate surface area is 114 Å². The van der Waals surface area contributed by atoms with Crippen molar-refractivity contribution >= 4 is 5.69 Å². The summed E-state index contributed by atoms with van der Waals surface area (Å²) in [6.45, 7) is 0.704. The van der Waals surface area contributed by atoms with Crippen molar-refractivity contribution in [2.45, 2.75) is 12.8 Å².